The number of unbranched alkanes of at least 4 members (excludes halogenated alkanes) is 1. The first-order valence-corrected chi connectivity index (χ1v) is 9.68. The molecule has 5 nitrogen and oxygen atoms in total. The fraction of sp³-hybridized carbons (Fsp3) is 0.364. The van der Waals surface area contributed by atoms with Crippen molar-refractivity contribution in [3.8, 4) is 0 Å². The predicted molar refractivity (Wildman–Crippen MR) is 106 cm³/mol. The number of benzene rings is 1. The van der Waals surface area contributed by atoms with Crippen LogP contribution in [0.15, 0.2) is 54.9 Å². The number of para-hydroxylation sites is 1. The number of fused-ring (bicyclic) bond motifs is 1. The summed E-state index contributed by atoms with van der Waals surface area (Å²) in [6.07, 6.45) is 7.00. The molecule has 0 bridgehead atoms. The highest BCUT2D eigenvalue weighted by Crippen LogP contribution is 2.24. The third-order valence-electron chi connectivity index (χ3n) is 5.13. The van der Waals surface area contributed by atoms with E-state index in [1.165, 1.54) is 0 Å². The van der Waals surface area contributed by atoms with Gasteiger partial charge in [-0.15, -0.1) is 0 Å². The summed E-state index contributed by atoms with van der Waals surface area (Å²) in [6, 6.07) is 14.2. The summed E-state index contributed by atoms with van der Waals surface area (Å²) >= 11 is 0. The zero-order chi connectivity index (χ0) is 18.5. The third-order valence-corrected chi connectivity index (χ3v) is 5.13. The van der Waals surface area contributed by atoms with E-state index < -0.39 is 0 Å². The topological polar surface area (TPSA) is 47.4 Å². The van der Waals surface area contributed by atoms with E-state index in [0.29, 0.717) is 26.3 Å². The molecular formula is C22H25N3O2. The number of pyridine rings is 1. The van der Waals surface area contributed by atoms with Gasteiger partial charge in [-0.2, -0.15) is 0 Å². The van der Waals surface area contributed by atoms with Crippen molar-refractivity contribution in [2.45, 2.75) is 25.8 Å². The van der Waals surface area contributed by atoms with Crippen LogP contribution in [-0.4, -0.2) is 46.7 Å². The van der Waals surface area contributed by atoms with Gasteiger partial charge in [-0.25, -0.2) is 0 Å². The fourth-order valence-electron chi connectivity index (χ4n) is 3.67. The Morgan fingerprint density at radius 2 is 1.85 bits per heavy atom. The number of morpholine rings is 1. The Hall–Kier alpha value is -2.66. The molecular weight excluding hydrogens is 338 g/mol. The van der Waals surface area contributed by atoms with E-state index in [4.69, 9.17) is 4.74 Å². The summed E-state index contributed by atoms with van der Waals surface area (Å²) in [6.45, 7) is 3.49. The molecule has 4 rings (SSSR count). The molecule has 1 aromatic carbocycles. The molecule has 0 saturated carbocycles. The maximum absolute atomic E-state index is 13.0. The molecule has 0 N–H and O–H groups in total. The smallest absolute Gasteiger partial charge is 0.256 e. The van der Waals surface area contributed by atoms with Crippen LogP contribution in [0.2, 0.25) is 0 Å². The summed E-state index contributed by atoms with van der Waals surface area (Å²) in [7, 11) is 0. The Morgan fingerprint density at radius 3 is 2.67 bits per heavy atom. The number of aromatic nitrogens is 2. The SMILES string of the molecule is O=C(c1cn(CCCCc2ccccn2)c2ccccc12)N1CCOCC1. The van der Waals surface area contributed by atoms with Crippen molar-refractivity contribution in [1.29, 1.82) is 0 Å². The largest absolute Gasteiger partial charge is 0.378 e. The maximum atomic E-state index is 13.0. The highest BCUT2D eigenvalue weighted by Gasteiger charge is 2.22. The minimum absolute atomic E-state index is 0.113. The second kappa shape index (κ2) is 8.35. The Balaban J connectivity index is 1.47. The van der Waals surface area contributed by atoms with E-state index in [9.17, 15) is 4.79 Å². The van der Waals surface area contributed by atoms with Gasteiger partial charge in [0.05, 0.1) is 18.8 Å². The van der Waals surface area contributed by atoms with Gasteiger partial charge in [0.15, 0.2) is 0 Å². The van der Waals surface area contributed by atoms with Gasteiger partial charge in [0.25, 0.3) is 5.91 Å². The lowest BCUT2D eigenvalue weighted by Gasteiger charge is -2.26. The molecule has 1 aliphatic heterocycles. The standard InChI is InChI=1S/C22H25N3O2/c26-22(24-13-15-27-16-14-24)20-17-25(21-10-2-1-9-19(20)21)12-6-4-8-18-7-3-5-11-23-18/h1-3,5,7,9-11,17H,4,6,8,12-16H2. The van der Waals surface area contributed by atoms with E-state index in [-0.39, 0.29) is 5.91 Å². The van der Waals surface area contributed by atoms with E-state index in [2.05, 4.69) is 21.7 Å². The number of hydrogen-bond acceptors (Lipinski definition) is 3. The lowest BCUT2D eigenvalue weighted by Crippen LogP contribution is -2.40. The predicted octanol–water partition coefficient (Wildman–Crippen LogP) is 3.53. The number of nitrogens with zero attached hydrogens (tertiary/aromatic N) is 3. The van der Waals surface area contributed by atoms with Crippen LogP contribution in [0.25, 0.3) is 10.9 Å². The van der Waals surface area contributed by atoms with Gasteiger partial charge in [0.2, 0.25) is 0 Å². The number of carbonyl (C=O) groups excluding carboxylic acids is 1. The molecule has 140 valence electrons. The second-order valence-corrected chi connectivity index (χ2v) is 6.94. The van der Waals surface area contributed by atoms with Crippen LogP contribution in [-0.2, 0) is 17.7 Å². The van der Waals surface area contributed by atoms with E-state index in [1.54, 1.807) is 0 Å². The molecule has 0 aliphatic carbocycles. The van der Waals surface area contributed by atoms with Gasteiger partial charge < -0.3 is 14.2 Å². The first-order valence-electron chi connectivity index (χ1n) is 9.68. The van der Waals surface area contributed by atoms with Gasteiger partial charge in [-0.05, 0) is 37.5 Å². The summed E-state index contributed by atoms with van der Waals surface area (Å²) in [5, 5.41) is 1.04. The molecule has 27 heavy (non-hydrogen) atoms. The van der Waals surface area contributed by atoms with Crippen LogP contribution in [0.1, 0.15) is 28.9 Å². The van der Waals surface area contributed by atoms with Gasteiger partial charge >= 0.3 is 0 Å². The monoisotopic (exact) mass is 363 g/mol. The average Bonchev–Trinajstić information content (AvgIpc) is 3.11. The second-order valence-electron chi connectivity index (χ2n) is 6.94. The molecule has 1 fully saturated rings. The minimum Gasteiger partial charge on any atom is -0.378 e. The first-order chi connectivity index (χ1) is 13.3. The maximum Gasteiger partial charge on any atom is 0.256 e. The van der Waals surface area contributed by atoms with Crippen LogP contribution < -0.4 is 0 Å². The quantitative estimate of drug-likeness (QED) is 0.630. The number of aryl methyl sites for hydroxylation is 2. The van der Waals surface area contributed by atoms with Crippen LogP contribution in [0, 0.1) is 0 Å². The van der Waals surface area contributed by atoms with E-state index in [0.717, 1.165) is 48.0 Å². The van der Waals surface area contributed by atoms with Crippen molar-refractivity contribution >= 4 is 16.8 Å². The third kappa shape index (κ3) is 4.03. The zero-order valence-corrected chi connectivity index (χ0v) is 15.5. The Morgan fingerprint density at radius 1 is 1.04 bits per heavy atom. The number of hydrogen-bond donors (Lipinski definition) is 0. The average molecular weight is 363 g/mol. The molecule has 1 amide bonds. The van der Waals surface area contributed by atoms with E-state index in [1.807, 2.05) is 47.6 Å². The molecule has 0 atom stereocenters. The van der Waals surface area contributed by atoms with Crippen molar-refractivity contribution in [2.75, 3.05) is 26.3 Å². The summed E-state index contributed by atoms with van der Waals surface area (Å²) < 4.78 is 7.60. The minimum atomic E-state index is 0.113. The molecule has 0 unspecified atom stereocenters. The molecule has 3 heterocycles. The number of carbonyl (C=O) groups is 1. The van der Waals surface area contributed by atoms with Gasteiger partial charge in [0, 0.05) is 48.6 Å². The number of rotatable bonds is 6. The van der Waals surface area contributed by atoms with Crippen molar-refractivity contribution in [2.24, 2.45) is 0 Å². The van der Waals surface area contributed by atoms with E-state index >= 15 is 0 Å². The van der Waals surface area contributed by atoms with Crippen LogP contribution in [0.4, 0.5) is 0 Å². The molecule has 0 spiro atoms. The molecule has 5 heteroatoms. The molecule has 0 radical (unpaired) electrons. The van der Waals surface area contributed by atoms with Gasteiger partial charge in [0.1, 0.15) is 0 Å². The first kappa shape index (κ1) is 17.7. The van der Waals surface area contributed by atoms with Gasteiger partial charge in [-0.3, -0.25) is 9.78 Å². The highest BCUT2D eigenvalue weighted by atomic mass is 16.5. The Bertz CT molecular complexity index is 898. The molecule has 1 saturated heterocycles. The molecule has 1 aliphatic rings. The normalized spacial score (nSPS) is 14.6. The lowest BCUT2D eigenvalue weighted by atomic mass is 10.1. The highest BCUT2D eigenvalue weighted by molar-refractivity contribution is 6.07. The van der Waals surface area contributed by atoms with Crippen molar-refractivity contribution in [1.82, 2.24) is 14.5 Å². The summed E-state index contributed by atoms with van der Waals surface area (Å²) in [5.74, 6) is 0.113. The summed E-state index contributed by atoms with van der Waals surface area (Å²) in [5.41, 5.74) is 3.07. The number of ether oxygens (including phenoxy) is 1. The van der Waals surface area contributed by atoms with Crippen molar-refractivity contribution in [3.05, 3.63) is 66.1 Å². The lowest BCUT2D eigenvalue weighted by molar-refractivity contribution is 0.0304. The zero-order valence-electron chi connectivity index (χ0n) is 15.5. The summed E-state index contributed by atoms with van der Waals surface area (Å²) in [4.78, 5) is 19.3. The fourth-order valence-corrected chi connectivity index (χ4v) is 3.67. The van der Waals surface area contributed by atoms with Crippen molar-refractivity contribution in [3.63, 3.8) is 0 Å². The van der Waals surface area contributed by atoms with Crippen molar-refractivity contribution < 1.29 is 9.53 Å². The van der Waals surface area contributed by atoms with Crippen LogP contribution >= 0.6 is 0 Å². The van der Waals surface area contributed by atoms with Crippen LogP contribution in [0.3, 0.4) is 0 Å². The molecule has 3 aromatic rings. The van der Waals surface area contributed by atoms with Gasteiger partial charge in [-0.1, -0.05) is 24.3 Å². The number of amides is 1. The van der Waals surface area contributed by atoms with Crippen LogP contribution in [0.5, 0.6) is 0 Å². The Labute approximate surface area is 159 Å². The molecule has 2 aromatic heterocycles. The Kier molecular flexibility index (Phi) is 5.49.